The minimum atomic E-state index is -4.45. The number of rotatable bonds is 3. The van der Waals surface area contributed by atoms with Gasteiger partial charge in [0.2, 0.25) is 0 Å². The van der Waals surface area contributed by atoms with Crippen LogP contribution in [0.3, 0.4) is 0 Å². The van der Waals surface area contributed by atoms with Crippen molar-refractivity contribution in [1.29, 1.82) is 0 Å². The lowest BCUT2D eigenvalue weighted by Gasteiger charge is -2.10. The molecule has 0 bridgehead atoms. The first-order chi connectivity index (χ1) is 8.27. The number of ether oxygens (including phenoxy) is 1. The number of carbonyl (C=O) groups excluding carboxylic acids is 2. The van der Waals surface area contributed by atoms with Crippen LogP contribution < -0.4 is 0 Å². The molecule has 0 aromatic heterocycles. The monoisotopic (exact) mass is 260 g/mol. The van der Waals surface area contributed by atoms with Crippen LogP contribution in [0.2, 0.25) is 0 Å². The molecule has 0 saturated carbocycles. The second-order valence-corrected chi connectivity index (χ2v) is 3.68. The Hall–Kier alpha value is -1.85. The van der Waals surface area contributed by atoms with E-state index in [1.807, 2.05) is 0 Å². The molecule has 0 aliphatic carbocycles. The number of hydrogen-bond donors (Lipinski definition) is 0. The van der Waals surface area contributed by atoms with Crippen molar-refractivity contribution in [3.8, 4) is 0 Å². The number of Topliss-reactive ketones (excluding diaryl/α,β-unsaturated/α-hetero) is 1. The lowest BCUT2D eigenvalue weighted by atomic mass is 9.98. The van der Waals surface area contributed by atoms with Crippen LogP contribution in [-0.4, -0.2) is 18.9 Å². The highest BCUT2D eigenvalue weighted by atomic mass is 19.4. The van der Waals surface area contributed by atoms with E-state index in [-0.39, 0.29) is 5.56 Å². The van der Waals surface area contributed by atoms with Crippen LogP contribution in [-0.2, 0) is 15.7 Å². The lowest BCUT2D eigenvalue weighted by molar-refractivity contribution is -0.143. The minimum absolute atomic E-state index is 0.0425. The van der Waals surface area contributed by atoms with Crippen molar-refractivity contribution in [3.63, 3.8) is 0 Å². The Morgan fingerprint density at radius 2 is 1.67 bits per heavy atom. The van der Waals surface area contributed by atoms with Crippen molar-refractivity contribution in [2.45, 2.75) is 13.1 Å². The molecule has 0 aliphatic heterocycles. The number of alkyl halides is 3. The van der Waals surface area contributed by atoms with E-state index in [0.717, 1.165) is 31.4 Å². The maximum absolute atomic E-state index is 12.3. The second-order valence-electron chi connectivity index (χ2n) is 3.68. The van der Waals surface area contributed by atoms with Crippen molar-refractivity contribution in [2.75, 3.05) is 7.11 Å². The lowest BCUT2D eigenvalue weighted by Crippen LogP contribution is -2.22. The largest absolute Gasteiger partial charge is 0.468 e. The molecule has 98 valence electrons. The van der Waals surface area contributed by atoms with E-state index in [2.05, 4.69) is 4.74 Å². The number of hydrogen-bond acceptors (Lipinski definition) is 3. The Labute approximate surface area is 102 Å². The van der Waals surface area contributed by atoms with E-state index in [4.69, 9.17) is 0 Å². The normalized spacial score (nSPS) is 12.9. The third-order valence-electron chi connectivity index (χ3n) is 2.44. The Morgan fingerprint density at radius 1 is 1.17 bits per heavy atom. The Balaban J connectivity index is 2.92. The summed E-state index contributed by atoms with van der Waals surface area (Å²) >= 11 is 0. The molecule has 1 aromatic carbocycles. The highest BCUT2D eigenvalue weighted by Crippen LogP contribution is 2.29. The van der Waals surface area contributed by atoms with Gasteiger partial charge in [0.05, 0.1) is 12.7 Å². The van der Waals surface area contributed by atoms with Gasteiger partial charge in [0.25, 0.3) is 0 Å². The van der Waals surface area contributed by atoms with Crippen molar-refractivity contribution in [3.05, 3.63) is 35.4 Å². The molecule has 0 heterocycles. The highest BCUT2D eigenvalue weighted by Gasteiger charge is 2.31. The average molecular weight is 260 g/mol. The summed E-state index contributed by atoms with van der Waals surface area (Å²) in [7, 11) is 1.14. The van der Waals surface area contributed by atoms with E-state index in [0.29, 0.717) is 0 Å². The summed E-state index contributed by atoms with van der Waals surface area (Å²) in [5.41, 5.74) is -0.800. The molecule has 0 fully saturated rings. The van der Waals surface area contributed by atoms with Crippen LogP contribution in [0, 0.1) is 5.92 Å². The summed E-state index contributed by atoms with van der Waals surface area (Å²) in [4.78, 5) is 22.9. The van der Waals surface area contributed by atoms with Crippen LogP contribution in [0.15, 0.2) is 24.3 Å². The minimum Gasteiger partial charge on any atom is -0.468 e. The number of ketones is 1. The maximum atomic E-state index is 12.3. The topological polar surface area (TPSA) is 43.4 Å². The van der Waals surface area contributed by atoms with E-state index in [1.54, 1.807) is 0 Å². The summed E-state index contributed by atoms with van der Waals surface area (Å²) in [6.45, 7) is 1.34. The molecular weight excluding hydrogens is 249 g/mol. The van der Waals surface area contributed by atoms with Gasteiger partial charge in [-0.2, -0.15) is 13.2 Å². The molecular formula is C12H11F3O3. The first kappa shape index (κ1) is 14.2. The van der Waals surface area contributed by atoms with Crippen molar-refractivity contribution in [2.24, 2.45) is 5.92 Å². The average Bonchev–Trinajstić information content (AvgIpc) is 2.35. The number of carbonyl (C=O) groups is 2. The standard InChI is InChI=1S/C12H11F3O3/c1-7(11(17)18-2)10(16)8-3-5-9(6-4-8)12(13,14)15/h3-7H,1-2H3. The van der Waals surface area contributed by atoms with Crippen LogP contribution in [0.5, 0.6) is 0 Å². The van der Waals surface area contributed by atoms with Crippen molar-refractivity contribution >= 4 is 11.8 Å². The third-order valence-corrected chi connectivity index (χ3v) is 2.44. The zero-order valence-electron chi connectivity index (χ0n) is 9.75. The molecule has 0 aliphatic rings. The van der Waals surface area contributed by atoms with Gasteiger partial charge in [-0.1, -0.05) is 12.1 Å². The van der Waals surface area contributed by atoms with E-state index < -0.39 is 29.4 Å². The molecule has 6 heteroatoms. The molecule has 0 saturated heterocycles. The maximum Gasteiger partial charge on any atom is 0.416 e. The van der Waals surface area contributed by atoms with Crippen molar-refractivity contribution < 1.29 is 27.5 Å². The van der Waals surface area contributed by atoms with Crippen LogP contribution >= 0.6 is 0 Å². The van der Waals surface area contributed by atoms with Gasteiger partial charge in [0.15, 0.2) is 5.78 Å². The van der Waals surface area contributed by atoms with Gasteiger partial charge in [-0.25, -0.2) is 0 Å². The molecule has 0 N–H and O–H groups in total. The van der Waals surface area contributed by atoms with Gasteiger partial charge in [0.1, 0.15) is 5.92 Å². The number of halogens is 3. The fourth-order valence-corrected chi connectivity index (χ4v) is 1.36. The third kappa shape index (κ3) is 3.09. The molecule has 0 spiro atoms. The molecule has 18 heavy (non-hydrogen) atoms. The summed E-state index contributed by atoms with van der Waals surface area (Å²) in [5.74, 6) is -2.33. The predicted molar refractivity (Wildman–Crippen MR) is 57.0 cm³/mol. The quantitative estimate of drug-likeness (QED) is 0.476. The van der Waals surface area contributed by atoms with Gasteiger partial charge in [-0.3, -0.25) is 9.59 Å². The zero-order valence-corrected chi connectivity index (χ0v) is 9.75. The van der Waals surface area contributed by atoms with Gasteiger partial charge in [-0.15, -0.1) is 0 Å². The van der Waals surface area contributed by atoms with Crippen LogP contribution in [0.25, 0.3) is 0 Å². The van der Waals surface area contributed by atoms with E-state index in [9.17, 15) is 22.8 Å². The smallest absolute Gasteiger partial charge is 0.416 e. The van der Waals surface area contributed by atoms with Crippen LogP contribution in [0.1, 0.15) is 22.8 Å². The van der Waals surface area contributed by atoms with Crippen LogP contribution in [0.4, 0.5) is 13.2 Å². The first-order valence-corrected chi connectivity index (χ1v) is 5.06. The number of methoxy groups -OCH3 is 1. The van der Waals surface area contributed by atoms with E-state index >= 15 is 0 Å². The van der Waals surface area contributed by atoms with Gasteiger partial charge in [-0.05, 0) is 19.1 Å². The molecule has 1 aromatic rings. The molecule has 1 unspecified atom stereocenters. The zero-order chi connectivity index (χ0) is 13.9. The van der Waals surface area contributed by atoms with Crippen molar-refractivity contribution in [1.82, 2.24) is 0 Å². The summed E-state index contributed by atoms with van der Waals surface area (Å²) in [6.07, 6.45) is -4.45. The fraction of sp³-hybridized carbons (Fsp3) is 0.333. The predicted octanol–water partition coefficient (Wildman–Crippen LogP) is 2.70. The van der Waals surface area contributed by atoms with Gasteiger partial charge < -0.3 is 4.74 Å². The van der Waals surface area contributed by atoms with Gasteiger partial charge >= 0.3 is 12.1 Å². The Morgan fingerprint density at radius 3 is 2.06 bits per heavy atom. The Kier molecular flexibility index (Phi) is 4.11. The summed E-state index contributed by atoms with van der Waals surface area (Å²) in [5, 5.41) is 0. The van der Waals surface area contributed by atoms with Gasteiger partial charge in [0, 0.05) is 5.56 Å². The highest BCUT2D eigenvalue weighted by molar-refractivity contribution is 6.08. The molecule has 3 nitrogen and oxygen atoms in total. The SMILES string of the molecule is COC(=O)C(C)C(=O)c1ccc(C(F)(F)F)cc1. The number of benzene rings is 1. The molecule has 1 atom stereocenters. The summed E-state index contributed by atoms with van der Waals surface area (Å²) in [6, 6.07) is 3.70. The molecule has 0 amide bonds. The molecule has 0 radical (unpaired) electrons. The Bertz CT molecular complexity index is 449. The fourth-order valence-electron chi connectivity index (χ4n) is 1.36. The van der Waals surface area contributed by atoms with E-state index in [1.165, 1.54) is 6.92 Å². The summed E-state index contributed by atoms with van der Waals surface area (Å²) < 4.78 is 41.3. The first-order valence-electron chi connectivity index (χ1n) is 5.06. The number of esters is 1. The second kappa shape index (κ2) is 5.20. The molecule has 1 rings (SSSR count).